The maximum absolute atomic E-state index is 14.2. The number of halogens is 1. The number of esters is 1. The largest absolute Gasteiger partial charge is 0.468 e. The van der Waals surface area contributed by atoms with Crippen molar-refractivity contribution in [1.29, 1.82) is 0 Å². The molecule has 1 aromatic heterocycles. The smallest absolute Gasteiger partial charge is 0.336 e. The molecule has 4 amide bonds. The van der Waals surface area contributed by atoms with Crippen molar-refractivity contribution in [3.8, 4) is 0 Å². The van der Waals surface area contributed by atoms with Crippen LogP contribution >= 0.6 is 0 Å². The van der Waals surface area contributed by atoms with Crippen molar-refractivity contribution in [3.05, 3.63) is 71.7 Å². The fraction of sp³-hybridized carbons (Fsp3) is 0.0909. The van der Waals surface area contributed by atoms with Crippen LogP contribution < -0.4 is 10.2 Å². The number of para-hydroxylation sites is 2. The van der Waals surface area contributed by atoms with Crippen LogP contribution in [0.15, 0.2) is 60.3 Å². The number of urea groups is 1. The van der Waals surface area contributed by atoms with Crippen molar-refractivity contribution in [1.82, 2.24) is 9.88 Å². The number of hydrogen-bond acceptors (Lipinski definition) is 5. The van der Waals surface area contributed by atoms with E-state index in [1.54, 1.807) is 35.0 Å². The first-order chi connectivity index (χ1) is 14.9. The molecule has 1 aliphatic rings. The number of ether oxygens (including phenoxy) is 1. The van der Waals surface area contributed by atoms with E-state index in [4.69, 9.17) is 4.74 Å². The molecule has 2 heterocycles. The summed E-state index contributed by atoms with van der Waals surface area (Å²) in [6, 6.07) is 11.3. The number of nitrogens with zero attached hydrogens (tertiary/aromatic N) is 2. The highest BCUT2D eigenvalue weighted by molar-refractivity contribution is 6.39. The van der Waals surface area contributed by atoms with Crippen molar-refractivity contribution in [2.45, 2.75) is 6.54 Å². The average molecular weight is 421 g/mol. The van der Waals surface area contributed by atoms with Gasteiger partial charge >= 0.3 is 12.0 Å². The van der Waals surface area contributed by atoms with Gasteiger partial charge in [0.05, 0.1) is 12.8 Å². The number of methoxy groups -OCH3 is 1. The zero-order valence-corrected chi connectivity index (χ0v) is 16.3. The third kappa shape index (κ3) is 3.57. The summed E-state index contributed by atoms with van der Waals surface area (Å²) in [6.07, 6.45) is 2.91. The summed E-state index contributed by atoms with van der Waals surface area (Å²) < 4.78 is 20.5. The van der Waals surface area contributed by atoms with Gasteiger partial charge in [-0.05, 0) is 24.3 Å². The lowest BCUT2D eigenvalue weighted by Gasteiger charge is -2.26. The van der Waals surface area contributed by atoms with Gasteiger partial charge in [-0.25, -0.2) is 14.1 Å². The van der Waals surface area contributed by atoms with Crippen LogP contribution in [0.3, 0.4) is 0 Å². The fourth-order valence-corrected chi connectivity index (χ4v) is 3.39. The Kier molecular flexibility index (Phi) is 5.08. The quantitative estimate of drug-likeness (QED) is 0.397. The molecule has 0 atom stereocenters. The highest BCUT2D eigenvalue weighted by Gasteiger charge is 2.38. The number of amides is 4. The van der Waals surface area contributed by atoms with Gasteiger partial charge in [0, 0.05) is 22.7 Å². The van der Waals surface area contributed by atoms with Crippen LogP contribution in [0, 0.1) is 5.82 Å². The number of carbonyl (C=O) groups excluding carboxylic acids is 4. The highest BCUT2D eigenvalue weighted by atomic mass is 19.1. The van der Waals surface area contributed by atoms with Gasteiger partial charge in [-0.2, -0.15) is 0 Å². The van der Waals surface area contributed by atoms with Gasteiger partial charge in [0.1, 0.15) is 17.9 Å². The molecule has 0 radical (unpaired) electrons. The summed E-state index contributed by atoms with van der Waals surface area (Å²) in [4.78, 5) is 50.0. The second-order valence-corrected chi connectivity index (χ2v) is 6.71. The number of anilines is 1. The molecule has 1 aliphatic heterocycles. The second kappa shape index (κ2) is 7.86. The van der Waals surface area contributed by atoms with Crippen molar-refractivity contribution < 1.29 is 28.3 Å². The third-order valence-electron chi connectivity index (χ3n) is 4.84. The van der Waals surface area contributed by atoms with E-state index in [0.29, 0.717) is 21.4 Å². The molecule has 0 bridgehead atoms. The highest BCUT2D eigenvalue weighted by Crippen LogP contribution is 2.27. The van der Waals surface area contributed by atoms with Gasteiger partial charge in [-0.1, -0.05) is 30.3 Å². The van der Waals surface area contributed by atoms with Gasteiger partial charge in [-0.3, -0.25) is 19.7 Å². The SMILES string of the molecule is COC(=O)Cn1cc(/C=C2\C(=O)NC(=O)N(c3ccccc3F)C2=O)c2ccccc21. The van der Waals surface area contributed by atoms with Crippen molar-refractivity contribution in [2.75, 3.05) is 12.0 Å². The van der Waals surface area contributed by atoms with E-state index in [-0.39, 0.29) is 17.8 Å². The van der Waals surface area contributed by atoms with E-state index in [1.165, 1.54) is 31.4 Å². The summed E-state index contributed by atoms with van der Waals surface area (Å²) in [5.41, 5.74) is 0.548. The minimum Gasteiger partial charge on any atom is -0.468 e. The first-order valence-electron chi connectivity index (χ1n) is 9.21. The molecule has 156 valence electrons. The average Bonchev–Trinajstić information content (AvgIpc) is 3.09. The van der Waals surface area contributed by atoms with Gasteiger partial charge in [0.15, 0.2) is 0 Å². The number of aromatic nitrogens is 1. The number of hydrogen-bond donors (Lipinski definition) is 1. The van der Waals surface area contributed by atoms with Crippen molar-refractivity contribution in [2.24, 2.45) is 0 Å². The number of carbonyl (C=O) groups is 4. The van der Waals surface area contributed by atoms with E-state index in [2.05, 4.69) is 5.32 Å². The molecule has 0 unspecified atom stereocenters. The van der Waals surface area contributed by atoms with Crippen LogP contribution in [0.25, 0.3) is 17.0 Å². The Morgan fingerprint density at radius 1 is 1.10 bits per heavy atom. The maximum Gasteiger partial charge on any atom is 0.336 e. The lowest BCUT2D eigenvalue weighted by Crippen LogP contribution is -2.54. The normalized spacial score (nSPS) is 15.5. The maximum atomic E-state index is 14.2. The van der Waals surface area contributed by atoms with E-state index >= 15 is 0 Å². The van der Waals surface area contributed by atoms with Gasteiger partial charge < -0.3 is 9.30 Å². The van der Waals surface area contributed by atoms with E-state index in [0.717, 1.165) is 6.07 Å². The van der Waals surface area contributed by atoms with Crippen LogP contribution in [0.4, 0.5) is 14.9 Å². The van der Waals surface area contributed by atoms with E-state index < -0.39 is 29.6 Å². The Morgan fingerprint density at radius 2 is 1.81 bits per heavy atom. The Hall–Kier alpha value is -4.27. The molecule has 8 nitrogen and oxygen atoms in total. The monoisotopic (exact) mass is 421 g/mol. The molecule has 3 aromatic rings. The van der Waals surface area contributed by atoms with Crippen LogP contribution in [-0.4, -0.2) is 35.5 Å². The summed E-state index contributed by atoms with van der Waals surface area (Å²) in [6.45, 7) is -0.0693. The zero-order valence-electron chi connectivity index (χ0n) is 16.3. The number of benzene rings is 2. The van der Waals surface area contributed by atoms with Gasteiger partial charge in [0.2, 0.25) is 0 Å². The lowest BCUT2D eigenvalue weighted by atomic mass is 10.1. The number of rotatable bonds is 4. The van der Waals surface area contributed by atoms with Crippen LogP contribution in [0.5, 0.6) is 0 Å². The number of barbiturate groups is 1. The lowest BCUT2D eigenvalue weighted by molar-refractivity contribution is -0.141. The minimum atomic E-state index is -1.04. The summed E-state index contributed by atoms with van der Waals surface area (Å²) in [5, 5.41) is 2.74. The molecular weight excluding hydrogens is 405 g/mol. The summed E-state index contributed by atoms with van der Waals surface area (Å²) in [7, 11) is 1.27. The molecule has 0 spiro atoms. The molecule has 31 heavy (non-hydrogen) atoms. The predicted molar refractivity (Wildman–Crippen MR) is 109 cm³/mol. The second-order valence-electron chi connectivity index (χ2n) is 6.71. The van der Waals surface area contributed by atoms with E-state index in [9.17, 15) is 23.6 Å². The van der Waals surface area contributed by atoms with Crippen LogP contribution in [-0.2, 0) is 25.7 Å². The molecular formula is C22H16FN3O5. The molecule has 4 rings (SSSR count). The molecule has 1 saturated heterocycles. The minimum absolute atomic E-state index is 0.0693. The van der Waals surface area contributed by atoms with Gasteiger partial charge in [-0.15, -0.1) is 0 Å². The molecule has 0 aliphatic carbocycles. The van der Waals surface area contributed by atoms with Crippen molar-refractivity contribution in [3.63, 3.8) is 0 Å². The Balaban J connectivity index is 1.81. The predicted octanol–water partition coefficient (Wildman–Crippen LogP) is 2.62. The molecule has 9 heteroatoms. The zero-order chi connectivity index (χ0) is 22.1. The first-order valence-corrected chi connectivity index (χ1v) is 9.21. The Labute approximate surface area is 175 Å². The van der Waals surface area contributed by atoms with E-state index in [1.807, 2.05) is 0 Å². The summed E-state index contributed by atoms with van der Waals surface area (Å²) in [5.74, 6) is -3.10. The van der Waals surface area contributed by atoms with Gasteiger partial charge in [0.25, 0.3) is 11.8 Å². The first kappa shape index (κ1) is 20.0. The van der Waals surface area contributed by atoms with Crippen LogP contribution in [0.2, 0.25) is 0 Å². The topological polar surface area (TPSA) is 97.7 Å². The number of nitrogens with one attached hydrogen (secondary N) is 1. The Bertz CT molecular complexity index is 1280. The number of fused-ring (bicyclic) bond motifs is 1. The Morgan fingerprint density at radius 3 is 2.55 bits per heavy atom. The molecule has 0 saturated carbocycles. The number of imide groups is 2. The molecule has 2 aromatic carbocycles. The third-order valence-corrected chi connectivity index (χ3v) is 4.84. The standard InChI is InChI=1S/C22H16FN3O5/c1-31-19(27)12-25-11-13(14-6-2-4-8-17(14)25)10-15-20(28)24-22(30)26(21(15)29)18-9-5-3-7-16(18)23/h2-11H,12H2,1H3,(H,24,28,30)/b15-10+. The molecule has 1 fully saturated rings. The van der Waals surface area contributed by atoms with Crippen molar-refractivity contribution >= 4 is 46.5 Å². The fourth-order valence-electron chi connectivity index (χ4n) is 3.39. The summed E-state index contributed by atoms with van der Waals surface area (Å²) >= 11 is 0. The molecule has 1 N–H and O–H groups in total. The van der Waals surface area contributed by atoms with Crippen LogP contribution in [0.1, 0.15) is 5.56 Å².